The maximum Gasteiger partial charge on any atom is 0.258 e. The Balaban J connectivity index is 1.53. The summed E-state index contributed by atoms with van der Waals surface area (Å²) in [6.07, 6.45) is 4.77. The average molecular weight is 366 g/mol. The summed E-state index contributed by atoms with van der Waals surface area (Å²) in [5, 5.41) is 3.02. The van der Waals surface area contributed by atoms with E-state index in [1.54, 1.807) is 0 Å². The smallest absolute Gasteiger partial charge is 0.258 e. The van der Waals surface area contributed by atoms with Gasteiger partial charge in [0, 0.05) is 0 Å². The van der Waals surface area contributed by atoms with Crippen LogP contribution in [0, 0.1) is 0 Å². The number of aryl methyl sites for hydroxylation is 2. The van der Waals surface area contributed by atoms with Gasteiger partial charge in [-0.15, -0.1) is 0 Å². The van der Waals surface area contributed by atoms with Gasteiger partial charge in [-0.2, -0.15) is 0 Å². The van der Waals surface area contributed by atoms with Crippen LogP contribution >= 0.6 is 0 Å². The van der Waals surface area contributed by atoms with Crippen molar-refractivity contribution in [1.29, 1.82) is 0 Å². The van der Waals surface area contributed by atoms with Crippen molar-refractivity contribution in [3.8, 4) is 5.75 Å². The van der Waals surface area contributed by atoms with Crippen LogP contribution in [-0.2, 0) is 23.1 Å². The summed E-state index contributed by atoms with van der Waals surface area (Å²) in [5.74, 6) is 0.688. The van der Waals surface area contributed by atoms with E-state index in [4.69, 9.17) is 4.74 Å². The van der Waals surface area contributed by atoms with E-state index in [1.807, 2.05) is 13.0 Å². The first kappa shape index (κ1) is 19.5. The molecule has 3 rings (SSSR count). The largest absolute Gasteiger partial charge is 0.484 e. The van der Waals surface area contributed by atoms with Crippen molar-refractivity contribution >= 4 is 5.91 Å². The summed E-state index contributed by atoms with van der Waals surface area (Å²) >= 11 is 0. The Morgan fingerprint density at radius 3 is 2.37 bits per heavy atom. The van der Waals surface area contributed by atoms with Gasteiger partial charge in [0.15, 0.2) is 6.61 Å². The van der Waals surface area contributed by atoms with E-state index in [0.29, 0.717) is 0 Å². The molecule has 0 aliphatic heterocycles. The minimum atomic E-state index is -0.0971. The molecule has 3 nitrogen and oxygen atoms in total. The van der Waals surface area contributed by atoms with Crippen molar-refractivity contribution in [1.82, 2.24) is 5.32 Å². The molecule has 144 valence electrons. The molecule has 27 heavy (non-hydrogen) atoms. The Hall–Kier alpha value is -2.29. The third kappa shape index (κ3) is 5.12. The van der Waals surface area contributed by atoms with Crippen LogP contribution in [0.4, 0.5) is 0 Å². The second kappa shape index (κ2) is 8.16. The normalized spacial score (nSPS) is 15.0. The standard InChI is InChI=1S/C24H31NO2/c1-17(18-9-12-21(13-10-18)24(2,3)4)25-23(26)16-27-22-14-11-19-7-5-6-8-20(19)15-22/h9-15,17H,5-8,16H2,1-4H3,(H,25,26)/t17-/m0/s1. The van der Waals surface area contributed by atoms with E-state index in [2.05, 4.69) is 62.5 Å². The molecule has 1 atom stereocenters. The van der Waals surface area contributed by atoms with Gasteiger partial charge >= 0.3 is 0 Å². The number of benzene rings is 2. The first-order valence-electron chi connectivity index (χ1n) is 9.97. The van der Waals surface area contributed by atoms with E-state index < -0.39 is 0 Å². The average Bonchev–Trinajstić information content (AvgIpc) is 2.65. The summed E-state index contributed by atoms with van der Waals surface area (Å²) in [6.45, 7) is 8.65. The summed E-state index contributed by atoms with van der Waals surface area (Å²) in [4.78, 5) is 12.3. The summed E-state index contributed by atoms with van der Waals surface area (Å²) in [5.41, 5.74) is 5.32. The second-order valence-corrected chi connectivity index (χ2v) is 8.59. The highest BCUT2D eigenvalue weighted by molar-refractivity contribution is 5.78. The molecule has 1 aliphatic rings. The molecule has 0 heterocycles. The quantitative estimate of drug-likeness (QED) is 0.799. The number of ether oxygens (including phenoxy) is 1. The molecular formula is C24H31NO2. The lowest BCUT2D eigenvalue weighted by Gasteiger charge is -2.21. The topological polar surface area (TPSA) is 38.3 Å². The molecule has 0 saturated heterocycles. The van der Waals surface area contributed by atoms with Crippen molar-refractivity contribution in [2.75, 3.05) is 6.61 Å². The number of amides is 1. The summed E-state index contributed by atoms with van der Waals surface area (Å²) in [6, 6.07) is 14.6. The summed E-state index contributed by atoms with van der Waals surface area (Å²) in [7, 11) is 0. The van der Waals surface area contributed by atoms with E-state index in [-0.39, 0.29) is 24.0 Å². The second-order valence-electron chi connectivity index (χ2n) is 8.59. The highest BCUT2D eigenvalue weighted by Gasteiger charge is 2.15. The maximum atomic E-state index is 12.3. The van der Waals surface area contributed by atoms with Crippen LogP contribution in [0.5, 0.6) is 5.75 Å². The molecule has 3 heteroatoms. The first-order valence-corrected chi connectivity index (χ1v) is 9.97. The van der Waals surface area contributed by atoms with Gasteiger partial charge in [-0.05, 0) is 72.4 Å². The van der Waals surface area contributed by atoms with E-state index >= 15 is 0 Å². The van der Waals surface area contributed by atoms with Crippen LogP contribution in [0.3, 0.4) is 0 Å². The van der Waals surface area contributed by atoms with Gasteiger partial charge in [0.2, 0.25) is 0 Å². The van der Waals surface area contributed by atoms with Crippen LogP contribution < -0.4 is 10.1 Å². The number of rotatable bonds is 5. The molecule has 2 aromatic rings. The van der Waals surface area contributed by atoms with Crippen LogP contribution in [0.25, 0.3) is 0 Å². The van der Waals surface area contributed by atoms with Crippen molar-refractivity contribution in [3.05, 3.63) is 64.7 Å². The van der Waals surface area contributed by atoms with Crippen molar-refractivity contribution < 1.29 is 9.53 Å². The Morgan fingerprint density at radius 1 is 1.04 bits per heavy atom. The first-order chi connectivity index (χ1) is 12.8. The molecular weight excluding hydrogens is 334 g/mol. The molecule has 0 bridgehead atoms. The molecule has 0 spiro atoms. The van der Waals surface area contributed by atoms with E-state index in [9.17, 15) is 4.79 Å². The lowest BCUT2D eigenvalue weighted by atomic mass is 9.86. The molecule has 1 aliphatic carbocycles. The molecule has 1 amide bonds. The van der Waals surface area contributed by atoms with Gasteiger partial charge in [-0.25, -0.2) is 0 Å². The fraction of sp³-hybridized carbons (Fsp3) is 0.458. The lowest BCUT2D eigenvalue weighted by Crippen LogP contribution is -2.31. The number of fused-ring (bicyclic) bond motifs is 1. The highest BCUT2D eigenvalue weighted by atomic mass is 16.5. The number of carbonyl (C=O) groups is 1. The van der Waals surface area contributed by atoms with E-state index in [1.165, 1.54) is 29.5 Å². The van der Waals surface area contributed by atoms with E-state index in [0.717, 1.165) is 24.2 Å². The van der Waals surface area contributed by atoms with Gasteiger partial charge in [-0.3, -0.25) is 4.79 Å². The lowest BCUT2D eigenvalue weighted by molar-refractivity contribution is -0.123. The number of nitrogens with one attached hydrogen (secondary N) is 1. The Morgan fingerprint density at radius 2 is 1.70 bits per heavy atom. The predicted molar refractivity (Wildman–Crippen MR) is 110 cm³/mol. The Labute approximate surface area is 163 Å². The number of carbonyl (C=O) groups excluding carboxylic acids is 1. The highest BCUT2D eigenvalue weighted by Crippen LogP contribution is 2.26. The summed E-state index contributed by atoms with van der Waals surface area (Å²) < 4.78 is 5.72. The van der Waals surface area contributed by atoms with Gasteiger partial charge in [0.25, 0.3) is 5.91 Å². The molecule has 0 radical (unpaired) electrons. The molecule has 0 unspecified atom stereocenters. The fourth-order valence-electron chi connectivity index (χ4n) is 3.59. The van der Waals surface area contributed by atoms with Crippen LogP contribution in [0.1, 0.15) is 68.8 Å². The van der Waals surface area contributed by atoms with Gasteiger partial charge in [0.05, 0.1) is 6.04 Å². The van der Waals surface area contributed by atoms with Crippen molar-refractivity contribution in [3.63, 3.8) is 0 Å². The van der Waals surface area contributed by atoms with Crippen LogP contribution in [-0.4, -0.2) is 12.5 Å². The third-order valence-corrected chi connectivity index (χ3v) is 5.34. The monoisotopic (exact) mass is 365 g/mol. The predicted octanol–water partition coefficient (Wildman–Crippen LogP) is 5.12. The van der Waals surface area contributed by atoms with Crippen molar-refractivity contribution in [2.24, 2.45) is 0 Å². The third-order valence-electron chi connectivity index (χ3n) is 5.34. The molecule has 0 fully saturated rings. The minimum Gasteiger partial charge on any atom is -0.484 e. The molecule has 0 saturated carbocycles. The zero-order valence-electron chi connectivity index (χ0n) is 17.0. The van der Waals surface area contributed by atoms with Gasteiger partial charge in [0.1, 0.15) is 5.75 Å². The van der Waals surface area contributed by atoms with Crippen molar-refractivity contribution in [2.45, 2.75) is 64.8 Å². The maximum absolute atomic E-state index is 12.3. The molecule has 0 aromatic heterocycles. The fourth-order valence-corrected chi connectivity index (χ4v) is 3.59. The van der Waals surface area contributed by atoms with Crippen LogP contribution in [0.15, 0.2) is 42.5 Å². The zero-order valence-corrected chi connectivity index (χ0v) is 17.0. The number of hydrogen-bond acceptors (Lipinski definition) is 2. The molecule has 2 aromatic carbocycles. The Kier molecular flexibility index (Phi) is 5.88. The molecule has 1 N–H and O–H groups in total. The van der Waals surface area contributed by atoms with Gasteiger partial charge < -0.3 is 10.1 Å². The van der Waals surface area contributed by atoms with Crippen LogP contribution in [0.2, 0.25) is 0 Å². The van der Waals surface area contributed by atoms with Gasteiger partial charge in [-0.1, -0.05) is 51.1 Å². The minimum absolute atomic E-state index is 0.0429. The zero-order chi connectivity index (χ0) is 19.4. The number of hydrogen-bond donors (Lipinski definition) is 1. The Bertz CT molecular complexity index is 787. The SMILES string of the molecule is C[C@H](NC(=O)COc1ccc2c(c1)CCCC2)c1ccc(C(C)(C)C)cc1.